The van der Waals surface area contributed by atoms with Crippen molar-refractivity contribution in [2.75, 3.05) is 0 Å². The summed E-state index contributed by atoms with van der Waals surface area (Å²) in [4.78, 5) is 12.2. The third-order valence-corrected chi connectivity index (χ3v) is 4.39. The van der Waals surface area contributed by atoms with Crippen molar-refractivity contribution in [3.8, 4) is 5.75 Å². The van der Waals surface area contributed by atoms with Crippen LogP contribution < -0.4 is 4.74 Å². The van der Waals surface area contributed by atoms with Crippen molar-refractivity contribution in [2.24, 2.45) is 0 Å². The first-order valence-corrected chi connectivity index (χ1v) is 8.46. The lowest BCUT2D eigenvalue weighted by Gasteiger charge is -2.35. The van der Waals surface area contributed by atoms with E-state index >= 15 is 0 Å². The van der Waals surface area contributed by atoms with Crippen LogP contribution in [0.1, 0.15) is 82.0 Å². The van der Waals surface area contributed by atoms with E-state index in [2.05, 4.69) is 13.8 Å². The molecule has 0 saturated carbocycles. The van der Waals surface area contributed by atoms with Gasteiger partial charge in [0.2, 0.25) is 0 Å². The molecule has 0 fully saturated rings. The fraction of sp³-hybridized carbons (Fsp3) is 0.632. The second kappa shape index (κ2) is 7.63. The predicted octanol–water partition coefficient (Wildman–Crippen LogP) is 5.55. The summed E-state index contributed by atoms with van der Waals surface area (Å²) in [6, 6.07) is 7.62. The SMILES string of the molecule is CCCCCCCCCC1(C)CC(=O)c2ccccc2O1. The summed E-state index contributed by atoms with van der Waals surface area (Å²) in [6.45, 7) is 4.33. The molecule has 2 nitrogen and oxygen atoms in total. The van der Waals surface area contributed by atoms with Crippen LogP contribution in [0.15, 0.2) is 24.3 Å². The Morgan fingerprint density at radius 1 is 1.05 bits per heavy atom. The van der Waals surface area contributed by atoms with E-state index in [4.69, 9.17) is 4.74 Å². The second-order valence-corrected chi connectivity index (χ2v) is 6.52. The zero-order chi connectivity index (χ0) is 15.1. The van der Waals surface area contributed by atoms with Gasteiger partial charge in [0, 0.05) is 0 Å². The molecule has 1 aromatic carbocycles. The Kier molecular flexibility index (Phi) is 5.84. The number of carbonyl (C=O) groups excluding carboxylic acids is 1. The predicted molar refractivity (Wildman–Crippen MR) is 87.0 cm³/mol. The molecule has 1 aliphatic heterocycles. The zero-order valence-electron chi connectivity index (χ0n) is 13.5. The van der Waals surface area contributed by atoms with Gasteiger partial charge in [-0.1, -0.05) is 57.6 Å². The highest BCUT2D eigenvalue weighted by atomic mass is 16.5. The summed E-state index contributed by atoms with van der Waals surface area (Å²) in [5.41, 5.74) is 0.434. The van der Waals surface area contributed by atoms with Gasteiger partial charge in [-0.15, -0.1) is 0 Å². The number of Topliss-reactive ketones (excluding diaryl/α,β-unsaturated/α-hetero) is 1. The Hall–Kier alpha value is -1.31. The first-order chi connectivity index (χ1) is 10.1. The van der Waals surface area contributed by atoms with Gasteiger partial charge in [-0.3, -0.25) is 4.79 Å². The number of carbonyl (C=O) groups is 1. The molecule has 0 radical (unpaired) electrons. The van der Waals surface area contributed by atoms with E-state index in [0.29, 0.717) is 6.42 Å². The fourth-order valence-electron chi connectivity index (χ4n) is 3.12. The lowest BCUT2D eigenvalue weighted by Crippen LogP contribution is -2.39. The molecule has 1 aliphatic rings. The van der Waals surface area contributed by atoms with Gasteiger partial charge in [0.25, 0.3) is 0 Å². The van der Waals surface area contributed by atoms with Crippen LogP contribution in [0.4, 0.5) is 0 Å². The molecule has 2 heteroatoms. The van der Waals surface area contributed by atoms with Crippen molar-refractivity contribution in [3.05, 3.63) is 29.8 Å². The van der Waals surface area contributed by atoms with Gasteiger partial charge in [-0.05, 0) is 31.9 Å². The number of ether oxygens (including phenoxy) is 1. The minimum Gasteiger partial charge on any atom is -0.486 e. The molecular formula is C19H28O2. The van der Waals surface area contributed by atoms with Gasteiger partial charge in [0.1, 0.15) is 11.4 Å². The monoisotopic (exact) mass is 288 g/mol. The number of fused-ring (bicyclic) bond motifs is 1. The summed E-state index contributed by atoms with van der Waals surface area (Å²) in [5.74, 6) is 0.987. The first-order valence-electron chi connectivity index (χ1n) is 8.46. The van der Waals surface area contributed by atoms with Crippen LogP contribution in [0, 0.1) is 0 Å². The molecule has 2 rings (SSSR count). The van der Waals surface area contributed by atoms with E-state index in [-0.39, 0.29) is 11.4 Å². The summed E-state index contributed by atoms with van der Waals surface area (Å²) < 4.78 is 6.11. The van der Waals surface area contributed by atoms with E-state index in [9.17, 15) is 4.79 Å². The van der Waals surface area contributed by atoms with Crippen molar-refractivity contribution in [1.82, 2.24) is 0 Å². The van der Waals surface area contributed by atoms with Crippen molar-refractivity contribution >= 4 is 5.78 Å². The number of unbranched alkanes of at least 4 members (excludes halogenated alkanes) is 6. The maximum Gasteiger partial charge on any atom is 0.170 e. The lowest BCUT2D eigenvalue weighted by atomic mass is 9.87. The number of ketones is 1. The molecule has 0 aromatic heterocycles. The third-order valence-electron chi connectivity index (χ3n) is 4.39. The fourth-order valence-corrected chi connectivity index (χ4v) is 3.12. The Balaban J connectivity index is 1.77. The number of benzene rings is 1. The summed E-state index contributed by atoms with van der Waals surface area (Å²) in [5, 5.41) is 0. The minimum atomic E-state index is -0.311. The van der Waals surface area contributed by atoms with Gasteiger partial charge in [0.15, 0.2) is 5.78 Å². The summed E-state index contributed by atoms with van der Waals surface area (Å²) in [6.07, 6.45) is 10.5. The summed E-state index contributed by atoms with van der Waals surface area (Å²) in [7, 11) is 0. The molecule has 0 amide bonds. The largest absolute Gasteiger partial charge is 0.486 e. The second-order valence-electron chi connectivity index (χ2n) is 6.52. The molecular weight excluding hydrogens is 260 g/mol. The Morgan fingerprint density at radius 3 is 2.48 bits per heavy atom. The molecule has 0 spiro atoms. The van der Waals surface area contributed by atoms with E-state index in [1.807, 2.05) is 24.3 Å². The van der Waals surface area contributed by atoms with Crippen molar-refractivity contribution in [3.63, 3.8) is 0 Å². The Bertz CT molecular complexity index is 466. The Morgan fingerprint density at radius 2 is 1.71 bits per heavy atom. The van der Waals surface area contributed by atoms with Crippen LogP contribution in [0.5, 0.6) is 5.75 Å². The summed E-state index contributed by atoms with van der Waals surface area (Å²) >= 11 is 0. The number of rotatable bonds is 8. The van der Waals surface area contributed by atoms with Gasteiger partial charge >= 0.3 is 0 Å². The van der Waals surface area contributed by atoms with Crippen LogP contribution in [0.3, 0.4) is 0 Å². The highest BCUT2D eigenvalue weighted by Gasteiger charge is 2.35. The van der Waals surface area contributed by atoms with Crippen LogP contribution in [0.2, 0.25) is 0 Å². The smallest absolute Gasteiger partial charge is 0.170 e. The highest BCUT2D eigenvalue weighted by Crippen LogP contribution is 2.35. The molecule has 1 unspecified atom stereocenters. The standard InChI is InChI=1S/C19H28O2/c1-3-4-5-6-7-8-11-14-19(2)15-17(20)16-12-9-10-13-18(16)21-19/h9-10,12-13H,3-8,11,14-15H2,1-2H3. The van der Waals surface area contributed by atoms with Crippen molar-refractivity contribution in [1.29, 1.82) is 0 Å². The van der Waals surface area contributed by atoms with E-state index in [1.54, 1.807) is 0 Å². The van der Waals surface area contributed by atoms with Gasteiger partial charge in [-0.2, -0.15) is 0 Å². The lowest BCUT2D eigenvalue weighted by molar-refractivity contribution is 0.0453. The normalized spacial score (nSPS) is 21.0. The van der Waals surface area contributed by atoms with E-state index in [1.165, 1.54) is 38.5 Å². The van der Waals surface area contributed by atoms with E-state index < -0.39 is 0 Å². The molecule has 1 atom stereocenters. The van der Waals surface area contributed by atoms with Crippen LogP contribution >= 0.6 is 0 Å². The molecule has 116 valence electrons. The molecule has 0 aliphatic carbocycles. The van der Waals surface area contributed by atoms with Crippen molar-refractivity contribution < 1.29 is 9.53 Å². The van der Waals surface area contributed by atoms with Gasteiger partial charge in [0.05, 0.1) is 12.0 Å². The van der Waals surface area contributed by atoms with Crippen LogP contribution in [0.25, 0.3) is 0 Å². The minimum absolute atomic E-state index is 0.224. The first kappa shape index (κ1) is 16.1. The quantitative estimate of drug-likeness (QED) is 0.586. The topological polar surface area (TPSA) is 26.3 Å². The molecule has 1 heterocycles. The highest BCUT2D eigenvalue weighted by molar-refractivity contribution is 6.00. The maximum atomic E-state index is 12.2. The number of hydrogen-bond donors (Lipinski definition) is 0. The molecule has 0 saturated heterocycles. The molecule has 0 bridgehead atoms. The average molecular weight is 288 g/mol. The van der Waals surface area contributed by atoms with Gasteiger partial charge in [-0.25, -0.2) is 0 Å². The van der Waals surface area contributed by atoms with Crippen molar-refractivity contribution in [2.45, 2.75) is 77.2 Å². The van der Waals surface area contributed by atoms with Crippen LogP contribution in [-0.4, -0.2) is 11.4 Å². The molecule has 0 N–H and O–H groups in total. The molecule has 21 heavy (non-hydrogen) atoms. The zero-order valence-corrected chi connectivity index (χ0v) is 13.5. The van der Waals surface area contributed by atoms with Crippen LogP contribution in [-0.2, 0) is 0 Å². The number of hydrogen-bond acceptors (Lipinski definition) is 2. The molecule has 1 aromatic rings. The third kappa shape index (κ3) is 4.59. The van der Waals surface area contributed by atoms with Gasteiger partial charge < -0.3 is 4.74 Å². The number of para-hydroxylation sites is 1. The maximum absolute atomic E-state index is 12.2. The average Bonchev–Trinajstić information content (AvgIpc) is 2.46. The Labute approximate surface area is 128 Å². The van der Waals surface area contributed by atoms with E-state index in [0.717, 1.165) is 24.2 Å².